The molecule has 1 aliphatic heterocycles. The minimum atomic E-state index is 0.390. The van der Waals surface area contributed by atoms with Crippen molar-refractivity contribution < 1.29 is 0 Å². The van der Waals surface area contributed by atoms with Gasteiger partial charge in [0, 0.05) is 22.3 Å². The predicted molar refractivity (Wildman–Crippen MR) is 71.9 cm³/mol. The number of fused-ring (bicyclic) bond motifs is 1. The molecule has 2 heterocycles. The van der Waals surface area contributed by atoms with Crippen molar-refractivity contribution in [2.45, 2.75) is 12.3 Å². The van der Waals surface area contributed by atoms with E-state index in [0.29, 0.717) is 11.7 Å². The number of nitrogens with one attached hydrogen (secondary N) is 1. The second kappa shape index (κ2) is 4.23. The average Bonchev–Trinajstić information content (AvgIpc) is 2.81. The van der Waals surface area contributed by atoms with E-state index in [1.807, 2.05) is 18.2 Å². The van der Waals surface area contributed by atoms with Gasteiger partial charge in [-0.15, -0.1) is 0 Å². The second-order valence-corrected chi connectivity index (χ2v) is 5.23. The van der Waals surface area contributed by atoms with Crippen LogP contribution in [-0.2, 0) is 0 Å². The summed E-state index contributed by atoms with van der Waals surface area (Å²) in [6, 6.07) is 5.89. The number of benzene rings is 1. The van der Waals surface area contributed by atoms with Crippen LogP contribution in [-0.4, -0.2) is 23.1 Å². The fourth-order valence-corrected chi connectivity index (χ4v) is 2.55. The number of aromatic nitrogens is 2. The number of nitrogens with two attached hydrogens (primary N) is 1. The lowest BCUT2D eigenvalue weighted by Crippen LogP contribution is -2.11. The number of hydrogen-bond donors (Lipinski definition) is 2. The third-order valence-electron chi connectivity index (χ3n) is 3.13. The van der Waals surface area contributed by atoms with E-state index in [1.165, 1.54) is 0 Å². The van der Waals surface area contributed by atoms with Crippen molar-refractivity contribution in [3.05, 3.63) is 28.5 Å². The highest BCUT2D eigenvalue weighted by Gasteiger charge is 2.20. The Labute approximate surface area is 108 Å². The van der Waals surface area contributed by atoms with Crippen LogP contribution in [0, 0.1) is 0 Å². The molecule has 1 aromatic carbocycles. The van der Waals surface area contributed by atoms with Crippen LogP contribution in [0.25, 0.3) is 10.9 Å². The number of rotatable bonds is 1. The van der Waals surface area contributed by atoms with Crippen molar-refractivity contribution in [2.24, 2.45) is 0 Å². The molecule has 0 saturated carbocycles. The molecule has 0 amide bonds. The van der Waals surface area contributed by atoms with Gasteiger partial charge in [-0.3, -0.25) is 0 Å². The van der Waals surface area contributed by atoms with E-state index in [1.54, 1.807) is 0 Å². The quantitative estimate of drug-likeness (QED) is 0.844. The topological polar surface area (TPSA) is 63.8 Å². The molecular weight excluding hydrogens is 280 g/mol. The van der Waals surface area contributed by atoms with Crippen LogP contribution in [0.1, 0.15) is 18.2 Å². The SMILES string of the molecule is Nc1nc(C2CCNC2)nc2cc(Br)ccc12. The largest absolute Gasteiger partial charge is 0.383 e. The maximum absolute atomic E-state index is 5.99. The summed E-state index contributed by atoms with van der Waals surface area (Å²) < 4.78 is 1.01. The number of anilines is 1. The van der Waals surface area contributed by atoms with Crippen molar-refractivity contribution in [2.75, 3.05) is 18.8 Å². The van der Waals surface area contributed by atoms with Crippen LogP contribution in [0.15, 0.2) is 22.7 Å². The van der Waals surface area contributed by atoms with E-state index in [4.69, 9.17) is 5.73 Å². The summed E-state index contributed by atoms with van der Waals surface area (Å²) in [5.74, 6) is 1.82. The van der Waals surface area contributed by atoms with Crippen LogP contribution in [0.2, 0.25) is 0 Å². The molecule has 3 rings (SSSR count). The molecule has 17 heavy (non-hydrogen) atoms. The number of nitrogen functional groups attached to an aromatic ring is 1. The molecule has 1 aromatic heterocycles. The number of halogens is 1. The van der Waals surface area contributed by atoms with E-state index in [2.05, 4.69) is 31.2 Å². The summed E-state index contributed by atoms with van der Waals surface area (Å²) in [4.78, 5) is 9.04. The van der Waals surface area contributed by atoms with Crippen molar-refractivity contribution in [1.29, 1.82) is 0 Å². The van der Waals surface area contributed by atoms with Gasteiger partial charge in [-0.05, 0) is 31.2 Å². The zero-order valence-electron chi connectivity index (χ0n) is 9.28. The van der Waals surface area contributed by atoms with Crippen LogP contribution in [0.4, 0.5) is 5.82 Å². The molecule has 1 atom stereocenters. The monoisotopic (exact) mass is 292 g/mol. The maximum Gasteiger partial charge on any atom is 0.135 e. The highest BCUT2D eigenvalue weighted by Crippen LogP contribution is 2.26. The van der Waals surface area contributed by atoms with Gasteiger partial charge in [0.2, 0.25) is 0 Å². The van der Waals surface area contributed by atoms with E-state index >= 15 is 0 Å². The Bertz CT molecular complexity index is 564. The Hall–Kier alpha value is -1.20. The summed E-state index contributed by atoms with van der Waals surface area (Å²) in [5, 5.41) is 4.24. The fraction of sp³-hybridized carbons (Fsp3) is 0.333. The molecule has 3 N–H and O–H groups in total. The van der Waals surface area contributed by atoms with Gasteiger partial charge < -0.3 is 11.1 Å². The normalized spacial score (nSPS) is 19.9. The summed E-state index contributed by atoms with van der Waals surface area (Å²) in [6.45, 7) is 1.98. The molecule has 0 bridgehead atoms. The Morgan fingerprint density at radius 1 is 1.35 bits per heavy atom. The lowest BCUT2D eigenvalue weighted by Gasteiger charge is -2.09. The van der Waals surface area contributed by atoms with Gasteiger partial charge in [0.25, 0.3) is 0 Å². The first-order valence-electron chi connectivity index (χ1n) is 5.67. The molecule has 1 unspecified atom stereocenters. The van der Waals surface area contributed by atoms with Crippen molar-refractivity contribution in [3.63, 3.8) is 0 Å². The lowest BCUT2D eigenvalue weighted by atomic mass is 10.1. The zero-order chi connectivity index (χ0) is 11.8. The summed E-state index contributed by atoms with van der Waals surface area (Å²) in [5.41, 5.74) is 6.90. The van der Waals surface area contributed by atoms with Gasteiger partial charge in [-0.2, -0.15) is 0 Å². The van der Waals surface area contributed by atoms with E-state index in [9.17, 15) is 0 Å². The van der Waals surface area contributed by atoms with E-state index < -0.39 is 0 Å². The van der Waals surface area contributed by atoms with Crippen molar-refractivity contribution >= 4 is 32.7 Å². The molecule has 0 aliphatic carbocycles. The zero-order valence-corrected chi connectivity index (χ0v) is 10.9. The van der Waals surface area contributed by atoms with Crippen LogP contribution < -0.4 is 11.1 Å². The summed E-state index contributed by atoms with van der Waals surface area (Å²) >= 11 is 3.45. The molecule has 5 heteroatoms. The minimum absolute atomic E-state index is 0.390. The van der Waals surface area contributed by atoms with Crippen LogP contribution in [0.5, 0.6) is 0 Å². The molecule has 0 radical (unpaired) electrons. The number of nitrogens with zero attached hydrogens (tertiary/aromatic N) is 2. The van der Waals surface area contributed by atoms with Gasteiger partial charge in [0.15, 0.2) is 0 Å². The number of hydrogen-bond acceptors (Lipinski definition) is 4. The van der Waals surface area contributed by atoms with Crippen LogP contribution in [0.3, 0.4) is 0 Å². The van der Waals surface area contributed by atoms with Gasteiger partial charge in [-0.25, -0.2) is 9.97 Å². The van der Waals surface area contributed by atoms with Crippen LogP contribution >= 0.6 is 15.9 Å². The van der Waals surface area contributed by atoms with E-state index in [-0.39, 0.29) is 0 Å². The first-order chi connectivity index (χ1) is 8.24. The molecular formula is C12H13BrN4. The van der Waals surface area contributed by atoms with Crippen molar-refractivity contribution in [3.8, 4) is 0 Å². The van der Waals surface area contributed by atoms with Crippen molar-refractivity contribution in [1.82, 2.24) is 15.3 Å². The molecule has 0 spiro atoms. The van der Waals surface area contributed by atoms with E-state index in [0.717, 1.165) is 40.7 Å². The average molecular weight is 293 g/mol. The molecule has 88 valence electrons. The standard InChI is InChI=1S/C12H13BrN4/c13-8-1-2-9-10(5-8)16-12(17-11(9)14)7-3-4-15-6-7/h1-2,5,7,15H,3-4,6H2,(H2,14,16,17). The Morgan fingerprint density at radius 2 is 2.24 bits per heavy atom. The summed E-state index contributed by atoms with van der Waals surface area (Å²) in [6.07, 6.45) is 1.08. The Kier molecular flexibility index (Phi) is 2.72. The first-order valence-corrected chi connectivity index (χ1v) is 6.47. The molecule has 1 fully saturated rings. The summed E-state index contributed by atoms with van der Waals surface area (Å²) in [7, 11) is 0. The third kappa shape index (κ3) is 2.00. The van der Waals surface area contributed by atoms with Gasteiger partial charge in [0.05, 0.1) is 5.52 Å². The molecule has 1 aliphatic rings. The Morgan fingerprint density at radius 3 is 3.00 bits per heavy atom. The minimum Gasteiger partial charge on any atom is -0.383 e. The fourth-order valence-electron chi connectivity index (χ4n) is 2.20. The molecule has 1 saturated heterocycles. The highest BCUT2D eigenvalue weighted by molar-refractivity contribution is 9.10. The third-order valence-corrected chi connectivity index (χ3v) is 3.62. The van der Waals surface area contributed by atoms with Gasteiger partial charge in [-0.1, -0.05) is 15.9 Å². The molecule has 2 aromatic rings. The second-order valence-electron chi connectivity index (χ2n) is 4.32. The lowest BCUT2D eigenvalue weighted by molar-refractivity contribution is 0.709. The Balaban J connectivity index is 2.14. The molecule has 4 nitrogen and oxygen atoms in total. The van der Waals surface area contributed by atoms with Gasteiger partial charge in [0.1, 0.15) is 11.6 Å². The maximum atomic E-state index is 5.99. The highest BCUT2D eigenvalue weighted by atomic mass is 79.9. The van der Waals surface area contributed by atoms with Gasteiger partial charge >= 0.3 is 0 Å². The predicted octanol–water partition coefficient (Wildman–Crippen LogP) is 2.05. The first kappa shape index (κ1) is 10.9. The smallest absolute Gasteiger partial charge is 0.135 e.